The van der Waals surface area contributed by atoms with Crippen molar-refractivity contribution in [3.8, 4) is 17.0 Å². The van der Waals surface area contributed by atoms with E-state index in [1.54, 1.807) is 18.2 Å². The van der Waals surface area contributed by atoms with Gasteiger partial charge in [0.15, 0.2) is 0 Å². The van der Waals surface area contributed by atoms with Gasteiger partial charge in [-0.1, -0.05) is 41.9 Å². The maximum Gasteiger partial charge on any atom is 0.265 e. The maximum absolute atomic E-state index is 12.7. The normalized spacial score (nSPS) is 11.5. The molecule has 0 fully saturated rings. The van der Waals surface area contributed by atoms with Crippen LogP contribution in [0.3, 0.4) is 0 Å². The Hall–Kier alpha value is -2.96. The molecule has 0 unspecified atom stereocenters. The molecule has 142 valence electrons. The van der Waals surface area contributed by atoms with Crippen LogP contribution >= 0.6 is 11.6 Å². The summed E-state index contributed by atoms with van der Waals surface area (Å²) in [5, 5.41) is 1.44. The monoisotopic (exact) mass is 412 g/mol. The van der Waals surface area contributed by atoms with E-state index in [1.807, 2.05) is 36.4 Å². The van der Waals surface area contributed by atoms with Gasteiger partial charge in [0, 0.05) is 27.3 Å². The van der Waals surface area contributed by atoms with E-state index < -0.39 is 10.0 Å². The van der Waals surface area contributed by atoms with Crippen molar-refractivity contribution in [1.29, 1.82) is 0 Å². The number of aromatic nitrogens is 1. The number of nitrogens with one attached hydrogen (secondary N) is 2. The summed E-state index contributed by atoms with van der Waals surface area (Å²) < 4.78 is 33.2. The molecule has 0 atom stereocenters. The topological polar surface area (TPSA) is 71.2 Å². The van der Waals surface area contributed by atoms with Crippen molar-refractivity contribution < 1.29 is 13.2 Å². The van der Waals surface area contributed by atoms with Gasteiger partial charge in [0.2, 0.25) is 0 Å². The van der Waals surface area contributed by atoms with E-state index in [0.717, 1.165) is 22.2 Å². The summed E-state index contributed by atoms with van der Waals surface area (Å²) in [5.74, 6) is 0.228. The first-order valence-corrected chi connectivity index (χ1v) is 10.4. The molecule has 1 heterocycles. The molecule has 0 spiro atoms. The van der Waals surface area contributed by atoms with E-state index in [9.17, 15) is 8.42 Å². The second-order valence-corrected chi connectivity index (χ2v) is 8.34. The second kappa shape index (κ2) is 7.22. The fourth-order valence-corrected chi connectivity index (χ4v) is 4.51. The molecule has 7 heteroatoms. The maximum atomic E-state index is 12.7. The van der Waals surface area contributed by atoms with Crippen molar-refractivity contribution in [3.05, 3.63) is 77.8 Å². The third-order valence-corrected chi connectivity index (χ3v) is 6.03. The van der Waals surface area contributed by atoms with Crippen molar-refractivity contribution >= 4 is 38.2 Å². The van der Waals surface area contributed by atoms with Crippen molar-refractivity contribution in [2.24, 2.45) is 0 Å². The zero-order valence-electron chi connectivity index (χ0n) is 14.9. The number of H-pyrrole nitrogens is 1. The summed E-state index contributed by atoms with van der Waals surface area (Å²) in [7, 11) is -2.43. The Morgan fingerprint density at radius 1 is 0.964 bits per heavy atom. The lowest BCUT2D eigenvalue weighted by Crippen LogP contribution is -2.14. The number of hydrogen-bond donors (Lipinski definition) is 2. The molecule has 2 N–H and O–H groups in total. The number of para-hydroxylation sites is 1. The molecular weight excluding hydrogens is 396 g/mol. The first kappa shape index (κ1) is 18.4. The Morgan fingerprint density at radius 3 is 2.43 bits per heavy atom. The highest BCUT2D eigenvalue weighted by molar-refractivity contribution is 7.92. The number of sulfonamides is 1. The van der Waals surface area contributed by atoms with Gasteiger partial charge in [-0.25, -0.2) is 8.42 Å². The Morgan fingerprint density at radius 2 is 1.71 bits per heavy atom. The van der Waals surface area contributed by atoms with Gasteiger partial charge in [0.1, 0.15) is 10.6 Å². The summed E-state index contributed by atoms with van der Waals surface area (Å²) >= 11 is 5.95. The number of rotatable bonds is 5. The summed E-state index contributed by atoms with van der Waals surface area (Å²) in [4.78, 5) is 3.35. The second-order valence-electron chi connectivity index (χ2n) is 6.25. The SMILES string of the molecule is COc1ccc(Cl)cc1S(=O)(=O)Nc1ccc(-c2cc3ccccc3[nH]2)cc1. The lowest BCUT2D eigenvalue weighted by Gasteiger charge is -2.12. The lowest BCUT2D eigenvalue weighted by atomic mass is 10.1. The van der Waals surface area contributed by atoms with Crippen LogP contribution in [-0.2, 0) is 10.0 Å². The summed E-state index contributed by atoms with van der Waals surface area (Å²) in [6, 6.07) is 21.7. The third-order valence-electron chi connectivity index (χ3n) is 4.39. The number of hydrogen-bond acceptors (Lipinski definition) is 3. The van der Waals surface area contributed by atoms with Crippen LogP contribution in [0, 0.1) is 0 Å². The Labute approximate surface area is 168 Å². The molecule has 0 saturated heterocycles. The molecule has 0 saturated carbocycles. The Kier molecular flexibility index (Phi) is 4.75. The molecule has 4 rings (SSSR count). The molecule has 5 nitrogen and oxygen atoms in total. The number of halogens is 1. The van der Waals surface area contributed by atoms with Gasteiger partial charge in [0.25, 0.3) is 10.0 Å². The van der Waals surface area contributed by atoms with Gasteiger partial charge in [-0.15, -0.1) is 0 Å². The highest BCUT2D eigenvalue weighted by atomic mass is 35.5. The predicted molar refractivity (Wildman–Crippen MR) is 113 cm³/mol. The average Bonchev–Trinajstić information content (AvgIpc) is 3.12. The van der Waals surface area contributed by atoms with Crippen LogP contribution in [0.4, 0.5) is 5.69 Å². The molecule has 3 aromatic carbocycles. The summed E-state index contributed by atoms with van der Waals surface area (Å²) in [5.41, 5.74) is 3.42. The van der Waals surface area contributed by atoms with E-state index >= 15 is 0 Å². The number of anilines is 1. The number of methoxy groups -OCH3 is 1. The summed E-state index contributed by atoms with van der Waals surface area (Å²) in [6.07, 6.45) is 0. The zero-order chi connectivity index (χ0) is 19.7. The first-order chi connectivity index (χ1) is 13.5. The van der Waals surface area contributed by atoms with Gasteiger partial charge in [0.05, 0.1) is 7.11 Å². The molecule has 0 amide bonds. The number of aromatic amines is 1. The average molecular weight is 413 g/mol. The predicted octanol–water partition coefficient (Wildman–Crippen LogP) is 5.30. The van der Waals surface area contributed by atoms with E-state index in [0.29, 0.717) is 10.7 Å². The van der Waals surface area contributed by atoms with Crippen LogP contribution in [-0.4, -0.2) is 20.5 Å². The number of benzene rings is 3. The zero-order valence-corrected chi connectivity index (χ0v) is 16.5. The molecule has 0 aliphatic rings. The van der Waals surface area contributed by atoms with E-state index in [-0.39, 0.29) is 10.6 Å². The molecule has 0 radical (unpaired) electrons. The van der Waals surface area contributed by atoms with Crippen LogP contribution < -0.4 is 9.46 Å². The van der Waals surface area contributed by atoms with Crippen molar-refractivity contribution in [2.75, 3.05) is 11.8 Å². The fourth-order valence-electron chi connectivity index (χ4n) is 3.02. The van der Waals surface area contributed by atoms with E-state index in [1.165, 1.54) is 19.2 Å². The van der Waals surface area contributed by atoms with E-state index in [4.69, 9.17) is 16.3 Å². The minimum absolute atomic E-state index is 0.0119. The molecule has 0 aliphatic carbocycles. The largest absolute Gasteiger partial charge is 0.495 e. The van der Waals surface area contributed by atoms with Crippen LogP contribution in [0.1, 0.15) is 0 Å². The van der Waals surface area contributed by atoms with Gasteiger partial charge < -0.3 is 9.72 Å². The van der Waals surface area contributed by atoms with Crippen molar-refractivity contribution in [2.45, 2.75) is 4.90 Å². The van der Waals surface area contributed by atoms with E-state index in [2.05, 4.69) is 15.8 Å². The lowest BCUT2D eigenvalue weighted by molar-refractivity contribution is 0.403. The highest BCUT2D eigenvalue weighted by Crippen LogP contribution is 2.30. The molecule has 1 aromatic heterocycles. The molecule has 0 bridgehead atoms. The standard InChI is InChI=1S/C21H17ClN2O3S/c1-27-20-11-8-16(22)13-21(20)28(25,26)24-17-9-6-14(7-10-17)19-12-15-4-2-3-5-18(15)23-19/h2-13,23-24H,1H3. The van der Waals surface area contributed by atoms with Gasteiger partial charge >= 0.3 is 0 Å². The Bertz CT molecular complexity index is 1220. The Balaban J connectivity index is 1.61. The van der Waals surface area contributed by atoms with Gasteiger partial charge in [-0.05, 0) is 48.0 Å². The molecule has 4 aromatic rings. The molecular formula is C21H17ClN2O3S. The van der Waals surface area contributed by atoms with Crippen LogP contribution in [0.2, 0.25) is 5.02 Å². The van der Waals surface area contributed by atoms with Crippen LogP contribution in [0.5, 0.6) is 5.75 Å². The van der Waals surface area contributed by atoms with Crippen LogP contribution in [0.15, 0.2) is 77.7 Å². The van der Waals surface area contributed by atoms with Crippen molar-refractivity contribution in [3.63, 3.8) is 0 Å². The fraction of sp³-hybridized carbons (Fsp3) is 0.0476. The van der Waals surface area contributed by atoms with Gasteiger partial charge in [-0.2, -0.15) is 0 Å². The summed E-state index contributed by atoms with van der Waals surface area (Å²) in [6.45, 7) is 0. The minimum Gasteiger partial charge on any atom is -0.495 e. The first-order valence-electron chi connectivity index (χ1n) is 8.51. The third kappa shape index (κ3) is 3.56. The molecule has 28 heavy (non-hydrogen) atoms. The van der Waals surface area contributed by atoms with Crippen molar-refractivity contribution in [1.82, 2.24) is 4.98 Å². The van der Waals surface area contributed by atoms with Gasteiger partial charge in [-0.3, -0.25) is 4.72 Å². The number of ether oxygens (including phenoxy) is 1. The highest BCUT2D eigenvalue weighted by Gasteiger charge is 2.20. The quantitative estimate of drug-likeness (QED) is 0.467. The number of fused-ring (bicyclic) bond motifs is 1. The minimum atomic E-state index is -3.84. The smallest absolute Gasteiger partial charge is 0.265 e. The molecule has 0 aliphatic heterocycles. The van der Waals surface area contributed by atoms with Crippen LogP contribution in [0.25, 0.3) is 22.2 Å².